The molecule has 128 valence electrons. The van der Waals surface area contributed by atoms with Crippen molar-refractivity contribution >= 4 is 16.9 Å². The van der Waals surface area contributed by atoms with Gasteiger partial charge in [-0.2, -0.15) is 0 Å². The molecule has 0 amide bonds. The van der Waals surface area contributed by atoms with Gasteiger partial charge in [-0.25, -0.2) is 0 Å². The number of rotatable bonds is 7. The Bertz CT molecular complexity index is 637. The summed E-state index contributed by atoms with van der Waals surface area (Å²) in [7, 11) is 0. The molecule has 2 rings (SSSR count). The van der Waals surface area contributed by atoms with E-state index in [1.807, 2.05) is 39.0 Å². The SMILES string of the molecule is CC(C)SC(=O)C(C)C[C@H](N)Cc1ccc(-c2ccccc2)cc1. The number of hydrogen-bond donors (Lipinski definition) is 1. The third kappa shape index (κ3) is 5.81. The number of hydrogen-bond acceptors (Lipinski definition) is 3. The molecule has 2 aromatic carbocycles. The summed E-state index contributed by atoms with van der Waals surface area (Å²) in [6, 6.07) is 18.9. The van der Waals surface area contributed by atoms with Crippen molar-refractivity contribution in [3.63, 3.8) is 0 Å². The van der Waals surface area contributed by atoms with Crippen molar-refractivity contribution in [3.8, 4) is 11.1 Å². The lowest BCUT2D eigenvalue weighted by molar-refractivity contribution is -0.114. The normalized spacial score (nSPS) is 13.7. The summed E-state index contributed by atoms with van der Waals surface area (Å²) in [6.45, 7) is 6.07. The van der Waals surface area contributed by atoms with E-state index >= 15 is 0 Å². The van der Waals surface area contributed by atoms with Gasteiger partial charge in [0, 0.05) is 17.2 Å². The Morgan fingerprint density at radius 2 is 1.54 bits per heavy atom. The van der Waals surface area contributed by atoms with E-state index < -0.39 is 0 Å². The monoisotopic (exact) mass is 341 g/mol. The van der Waals surface area contributed by atoms with Gasteiger partial charge in [0.15, 0.2) is 5.12 Å². The second-order valence-electron chi connectivity index (χ2n) is 6.65. The first kappa shape index (κ1) is 18.8. The van der Waals surface area contributed by atoms with Gasteiger partial charge < -0.3 is 5.73 Å². The Hall–Kier alpha value is -1.58. The summed E-state index contributed by atoms with van der Waals surface area (Å²) >= 11 is 1.42. The van der Waals surface area contributed by atoms with E-state index in [4.69, 9.17) is 5.73 Å². The molecule has 0 aliphatic heterocycles. The van der Waals surface area contributed by atoms with Crippen molar-refractivity contribution in [2.24, 2.45) is 11.7 Å². The zero-order valence-electron chi connectivity index (χ0n) is 14.7. The number of carbonyl (C=O) groups is 1. The lowest BCUT2D eigenvalue weighted by atomic mass is 9.96. The Balaban J connectivity index is 1.90. The van der Waals surface area contributed by atoms with Crippen LogP contribution in [0, 0.1) is 5.92 Å². The van der Waals surface area contributed by atoms with Gasteiger partial charge in [-0.15, -0.1) is 0 Å². The summed E-state index contributed by atoms with van der Waals surface area (Å²) in [5.74, 6) is 0.0102. The molecule has 0 fully saturated rings. The fourth-order valence-electron chi connectivity index (χ4n) is 2.75. The lowest BCUT2D eigenvalue weighted by Crippen LogP contribution is -2.27. The average Bonchev–Trinajstić information content (AvgIpc) is 2.55. The quantitative estimate of drug-likeness (QED) is 0.777. The lowest BCUT2D eigenvalue weighted by Gasteiger charge is -2.17. The molecule has 0 saturated heterocycles. The van der Waals surface area contributed by atoms with Crippen LogP contribution in [0.4, 0.5) is 0 Å². The van der Waals surface area contributed by atoms with Crippen LogP contribution in [0.2, 0.25) is 0 Å². The van der Waals surface area contributed by atoms with E-state index in [0.717, 1.165) is 12.8 Å². The molecule has 0 heterocycles. The van der Waals surface area contributed by atoms with E-state index in [1.54, 1.807) is 0 Å². The van der Waals surface area contributed by atoms with Crippen molar-refractivity contribution in [1.29, 1.82) is 0 Å². The third-order valence-electron chi connectivity index (χ3n) is 3.97. The van der Waals surface area contributed by atoms with Crippen LogP contribution in [-0.2, 0) is 11.2 Å². The zero-order valence-corrected chi connectivity index (χ0v) is 15.6. The number of carbonyl (C=O) groups excluding carboxylic acids is 1. The molecular formula is C21H27NOS. The van der Waals surface area contributed by atoms with E-state index in [9.17, 15) is 4.79 Å². The van der Waals surface area contributed by atoms with Crippen molar-refractivity contribution in [2.75, 3.05) is 0 Å². The van der Waals surface area contributed by atoms with Crippen LogP contribution >= 0.6 is 11.8 Å². The molecule has 2 aromatic rings. The van der Waals surface area contributed by atoms with Gasteiger partial charge in [0.1, 0.15) is 0 Å². The van der Waals surface area contributed by atoms with Crippen molar-refractivity contribution < 1.29 is 4.79 Å². The van der Waals surface area contributed by atoms with E-state index in [1.165, 1.54) is 28.5 Å². The first-order valence-corrected chi connectivity index (χ1v) is 9.44. The molecule has 0 aliphatic carbocycles. The maximum absolute atomic E-state index is 12.1. The minimum atomic E-state index is 0.0102. The standard InChI is InChI=1S/C21H27NOS/c1-15(2)24-21(23)16(3)13-20(22)14-17-9-11-19(12-10-17)18-7-5-4-6-8-18/h4-12,15-16,20H,13-14,22H2,1-3H3/t16?,20-/m0/s1. The number of thioether (sulfide) groups is 1. The van der Waals surface area contributed by atoms with Gasteiger partial charge in [-0.1, -0.05) is 87.1 Å². The fourth-order valence-corrected chi connectivity index (χ4v) is 3.54. The summed E-state index contributed by atoms with van der Waals surface area (Å²) in [6.07, 6.45) is 1.54. The van der Waals surface area contributed by atoms with Gasteiger partial charge >= 0.3 is 0 Å². The predicted molar refractivity (Wildman–Crippen MR) is 105 cm³/mol. The maximum Gasteiger partial charge on any atom is 0.192 e. The summed E-state index contributed by atoms with van der Waals surface area (Å²) in [4.78, 5) is 12.1. The molecule has 2 nitrogen and oxygen atoms in total. The van der Waals surface area contributed by atoms with Crippen LogP contribution < -0.4 is 5.73 Å². The molecule has 24 heavy (non-hydrogen) atoms. The maximum atomic E-state index is 12.1. The Morgan fingerprint density at radius 1 is 0.958 bits per heavy atom. The highest BCUT2D eigenvalue weighted by molar-refractivity contribution is 8.14. The first-order chi connectivity index (χ1) is 11.5. The molecule has 0 spiro atoms. The summed E-state index contributed by atoms with van der Waals surface area (Å²) < 4.78 is 0. The Labute approximate surface area is 149 Å². The minimum Gasteiger partial charge on any atom is -0.327 e. The van der Waals surface area contributed by atoms with Crippen molar-refractivity contribution in [3.05, 3.63) is 60.2 Å². The largest absolute Gasteiger partial charge is 0.327 e. The number of nitrogens with two attached hydrogens (primary N) is 1. The molecule has 0 radical (unpaired) electrons. The van der Waals surface area contributed by atoms with Gasteiger partial charge in [0.05, 0.1) is 0 Å². The highest BCUT2D eigenvalue weighted by Gasteiger charge is 2.18. The molecule has 0 saturated carbocycles. The van der Waals surface area contributed by atoms with Gasteiger partial charge in [-0.05, 0) is 29.5 Å². The van der Waals surface area contributed by atoms with Crippen LogP contribution in [0.5, 0.6) is 0 Å². The van der Waals surface area contributed by atoms with Crippen LogP contribution in [0.25, 0.3) is 11.1 Å². The summed E-state index contributed by atoms with van der Waals surface area (Å²) in [5.41, 5.74) is 9.92. The van der Waals surface area contributed by atoms with E-state index in [2.05, 4.69) is 36.4 Å². The second-order valence-corrected chi connectivity index (χ2v) is 8.23. The number of benzene rings is 2. The van der Waals surface area contributed by atoms with Gasteiger partial charge in [0.2, 0.25) is 0 Å². The predicted octanol–water partition coefficient (Wildman–Crippen LogP) is 4.92. The zero-order chi connectivity index (χ0) is 17.5. The van der Waals surface area contributed by atoms with Crippen LogP contribution in [0.1, 0.15) is 32.8 Å². The Morgan fingerprint density at radius 3 is 2.12 bits per heavy atom. The second kappa shape index (κ2) is 9.05. The van der Waals surface area contributed by atoms with Crippen molar-refractivity contribution in [2.45, 2.75) is 44.9 Å². The average molecular weight is 342 g/mol. The fraction of sp³-hybridized carbons (Fsp3) is 0.381. The molecular weight excluding hydrogens is 314 g/mol. The van der Waals surface area contributed by atoms with Gasteiger partial charge in [0.25, 0.3) is 0 Å². The van der Waals surface area contributed by atoms with Crippen LogP contribution in [-0.4, -0.2) is 16.4 Å². The van der Waals surface area contributed by atoms with E-state index in [0.29, 0.717) is 5.25 Å². The molecule has 1 unspecified atom stereocenters. The van der Waals surface area contributed by atoms with Crippen LogP contribution in [0.15, 0.2) is 54.6 Å². The highest BCUT2D eigenvalue weighted by Crippen LogP contribution is 2.22. The van der Waals surface area contributed by atoms with Gasteiger partial charge in [-0.3, -0.25) is 4.79 Å². The van der Waals surface area contributed by atoms with E-state index in [-0.39, 0.29) is 17.1 Å². The Kier molecular flexibility index (Phi) is 7.07. The van der Waals surface area contributed by atoms with Crippen molar-refractivity contribution in [1.82, 2.24) is 0 Å². The molecule has 0 aliphatic rings. The smallest absolute Gasteiger partial charge is 0.192 e. The third-order valence-corrected chi connectivity index (χ3v) is 5.08. The highest BCUT2D eigenvalue weighted by atomic mass is 32.2. The molecule has 2 N–H and O–H groups in total. The van der Waals surface area contributed by atoms with Crippen LogP contribution in [0.3, 0.4) is 0 Å². The first-order valence-electron chi connectivity index (χ1n) is 8.56. The molecule has 0 aromatic heterocycles. The molecule has 3 heteroatoms. The summed E-state index contributed by atoms with van der Waals surface area (Å²) in [5, 5.41) is 0.585. The topological polar surface area (TPSA) is 43.1 Å². The molecule has 2 atom stereocenters. The molecule has 0 bridgehead atoms. The minimum absolute atomic E-state index is 0.0102.